The number of nitrogens with zero attached hydrogens (tertiary/aromatic N) is 1. The van der Waals surface area contributed by atoms with Gasteiger partial charge in [-0.3, -0.25) is 0 Å². The summed E-state index contributed by atoms with van der Waals surface area (Å²) in [6.07, 6.45) is 10.2. The van der Waals surface area contributed by atoms with Crippen LogP contribution in [0.1, 0.15) is 58.8 Å². The van der Waals surface area contributed by atoms with Crippen LogP contribution >= 0.6 is 0 Å². The molecule has 1 fully saturated rings. The molecule has 100 valence electrons. The van der Waals surface area contributed by atoms with Gasteiger partial charge in [0.05, 0.1) is 0 Å². The molecule has 1 atom stereocenters. The molecule has 1 aliphatic rings. The third-order valence-corrected chi connectivity index (χ3v) is 4.03. The Morgan fingerprint density at radius 3 is 2.47 bits per heavy atom. The lowest BCUT2D eigenvalue weighted by molar-refractivity contribution is -0.116. The fraction of sp³-hybridized carbons (Fsp3) is 0.933. The van der Waals surface area contributed by atoms with Crippen molar-refractivity contribution < 1.29 is 4.79 Å². The summed E-state index contributed by atoms with van der Waals surface area (Å²) < 4.78 is 0. The van der Waals surface area contributed by atoms with E-state index in [0.717, 1.165) is 31.6 Å². The van der Waals surface area contributed by atoms with Crippen LogP contribution in [0.2, 0.25) is 0 Å². The third kappa shape index (κ3) is 5.20. The van der Waals surface area contributed by atoms with E-state index in [-0.39, 0.29) is 5.41 Å². The Bertz CT molecular complexity index is 223. The summed E-state index contributed by atoms with van der Waals surface area (Å²) in [7, 11) is 2.17. The molecule has 2 heteroatoms. The Morgan fingerprint density at radius 1 is 1.29 bits per heavy atom. The number of hydrogen-bond acceptors (Lipinski definition) is 2. The van der Waals surface area contributed by atoms with Crippen LogP contribution in [0, 0.1) is 11.3 Å². The van der Waals surface area contributed by atoms with E-state index in [2.05, 4.69) is 25.8 Å². The molecular formula is C15H29NO. The SMILES string of the molecule is CCCC(C)(C=O)CN(C)CC1CCCCC1. The van der Waals surface area contributed by atoms with Crippen LogP contribution in [0.3, 0.4) is 0 Å². The van der Waals surface area contributed by atoms with Gasteiger partial charge in [0.25, 0.3) is 0 Å². The van der Waals surface area contributed by atoms with Crippen molar-refractivity contribution in [2.75, 3.05) is 20.1 Å². The minimum atomic E-state index is -0.141. The molecule has 0 aromatic rings. The number of aldehydes is 1. The Labute approximate surface area is 107 Å². The Balaban J connectivity index is 2.35. The van der Waals surface area contributed by atoms with Crippen molar-refractivity contribution in [2.24, 2.45) is 11.3 Å². The van der Waals surface area contributed by atoms with Crippen molar-refractivity contribution >= 4 is 6.29 Å². The Morgan fingerprint density at radius 2 is 1.94 bits per heavy atom. The van der Waals surface area contributed by atoms with E-state index in [4.69, 9.17) is 0 Å². The highest BCUT2D eigenvalue weighted by Gasteiger charge is 2.25. The summed E-state index contributed by atoms with van der Waals surface area (Å²) in [6.45, 7) is 6.34. The van der Waals surface area contributed by atoms with Gasteiger partial charge in [0.15, 0.2) is 0 Å². The van der Waals surface area contributed by atoms with E-state index < -0.39 is 0 Å². The zero-order chi connectivity index (χ0) is 12.7. The van der Waals surface area contributed by atoms with Gasteiger partial charge in [-0.25, -0.2) is 0 Å². The molecule has 0 bridgehead atoms. The first-order valence-corrected chi connectivity index (χ1v) is 7.24. The lowest BCUT2D eigenvalue weighted by Crippen LogP contribution is -2.37. The van der Waals surface area contributed by atoms with E-state index in [0.29, 0.717) is 0 Å². The average Bonchev–Trinajstić information content (AvgIpc) is 2.30. The summed E-state index contributed by atoms with van der Waals surface area (Å²) in [4.78, 5) is 13.6. The molecule has 1 unspecified atom stereocenters. The van der Waals surface area contributed by atoms with Gasteiger partial charge in [-0.15, -0.1) is 0 Å². The second-order valence-electron chi connectivity index (χ2n) is 6.22. The van der Waals surface area contributed by atoms with Gasteiger partial charge in [-0.05, 0) is 32.2 Å². The lowest BCUT2D eigenvalue weighted by atomic mass is 9.85. The highest BCUT2D eigenvalue weighted by Crippen LogP contribution is 2.26. The first-order valence-electron chi connectivity index (χ1n) is 7.24. The summed E-state index contributed by atoms with van der Waals surface area (Å²) in [5.41, 5.74) is -0.141. The smallest absolute Gasteiger partial charge is 0.127 e. The number of rotatable bonds is 7. The van der Waals surface area contributed by atoms with Crippen LogP contribution in [0.25, 0.3) is 0 Å². The highest BCUT2D eigenvalue weighted by molar-refractivity contribution is 5.58. The lowest BCUT2D eigenvalue weighted by Gasteiger charge is -2.32. The monoisotopic (exact) mass is 239 g/mol. The first kappa shape index (κ1) is 14.7. The van der Waals surface area contributed by atoms with Crippen molar-refractivity contribution in [3.63, 3.8) is 0 Å². The summed E-state index contributed by atoms with van der Waals surface area (Å²) >= 11 is 0. The van der Waals surface area contributed by atoms with E-state index in [9.17, 15) is 4.79 Å². The molecule has 0 aromatic carbocycles. The van der Waals surface area contributed by atoms with Crippen LogP contribution in [0.5, 0.6) is 0 Å². The zero-order valence-corrected chi connectivity index (χ0v) is 11.9. The second-order valence-corrected chi connectivity index (χ2v) is 6.22. The molecule has 0 radical (unpaired) electrons. The van der Waals surface area contributed by atoms with Crippen molar-refractivity contribution in [3.8, 4) is 0 Å². The topological polar surface area (TPSA) is 20.3 Å². The molecule has 0 saturated heterocycles. The van der Waals surface area contributed by atoms with Crippen LogP contribution in [0.4, 0.5) is 0 Å². The van der Waals surface area contributed by atoms with E-state index in [1.54, 1.807) is 0 Å². The van der Waals surface area contributed by atoms with Gasteiger partial charge < -0.3 is 9.69 Å². The molecule has 17 heavy (non-hydrogen) atoms. The van der Waals surface area contributed by atoms with E-state index in [1.807, 2.05) is 0 Å². The highest BCUT2D eigenvalue weighted by atomic mass is 16.1. The third-order valence-electron chi connectivity index (χ3n) is 4.03. The molecule has 0 spiro atoms. The van der Waals surface area contributed by atoms with Crippen molar-refractivity contribution in [3.05, 3.63) is 0 Å². The average molecular weight is 239 g/mol. The predicted octanol–water partition coefficient (Wildman–Crippen LogP) is 3.50. The Kier molecular flexibility index (Phi) is 6.18. The quantitative estimate of drug-likeness (QED) is 0.634. The fourth-order valence-corrected chi connectivity index (χ4v) is 3.24. The van der Waals surface area contributed by atoms with Crippen molar-refractivity contribution in [2.45, 2.75) is 58.8 Å². The maximum absolute atomic E-state index is 11.2. The van der Waals surface area contributed by atoms with Gasteiger partial charge in [0.2, 0.25) is 0 Å². The molecular weight excluding hydrogens is 210 g/mol. The molecule has 0 aromatic heterocycles. The van der Waals surface area contributed by atoms with Crippen LogP contribution in [-0.4, -0.2) is 31.3 Å². The minimum Gasteiger partial charge on any atom is -0.305 e. The molecule has 0 aliphatic heterocycles. The summed E-state index contributed by atoms with van der Waals surface area (Å²) in [5.74, 6) is 0.867. The van der Waals surface area contributed by atoms with E-state index >= 15 is 0 Å². The standard InChI is InChI=1S/C15H29NO/c1-4-10-15(2,13-17)12-16(3)11-14-8-6-5-7-9-14/h13-14H,4-12H2,1-3H3. The molecule has 0 N–H and O–H groups in total. The van der Waals surface area contributed by atoms with Crippen LogP contribution < -0.4 is 0 Å². The normalized spacial score (nSPS) is 21.4. The van der Waals surface area contributed by atoms with Gasteiger partial charge in [-0.2, -0.15) is 0 Å². The maximum atomic E-state index is 11.2. The fourth-order valence-electron chi connectivity index (χ4n) is 3.24. The molecule has 1 aliphatic carbocycles. The molecule has 0 heterocycles. The minimum absolute atomic E-state index is 0.141. The van der Waals surface area contributed by atoms with Crippen LogP contribution in [-0.2, 0) is 4.79 Å². The first-order chi connectivity index (χ1) is 8.09. The van der Waals surface area contributed by atoms with Gasteiger partial charge in [0.1, 0.15) is 6.29 Å². The number of carbonyl (C=O) groups excluding carboxylic acids is 1. The molecule has 1 saturated carbocycles. The second kappa shape index (κ2) is 7.15. The van der Waals surface area contributed by atoms with Crippen LogP contribution in [0.15, 0.2) is 0 Å². The summed E-state index contributed by atoms with van der Waals surface area (Å²) in [6, 6.07) is 0. The zero-order valence-electron chi connectivity index (χ0n) is 11.9. The van der Waals surface area contributed by atoms with Gasteiger partial charge >= 0.3 is 0 Å². The predicted molar refractivity (Wildman–Crippen MR) is 73.2 cm³/mol. The molecule has 0 amide bonds. The molecule has 1 rings (SSSR count). The number of carbonyl (C=O) groups is 1. The van der Waals surface area contributed by atoms with Crippen molar-refractivity contribution in [1.82, 2.24) is 4.90 Å². The largest absolute Gasteiger partial charge is 0.305 e. The van der Waals surface area contributed by atoms with E-state index in [1.165, 1.54) is 38.6 Å². The maximum Gasteiger partial charge on any atom is 0.127 e. The van der Waals surface area contributed by atoms with Crippen molar-refractivity contribution in [1.29, 1.82) is 0 Å². The number of hydrogen-bond donors (Lipinski definition) is 0. The van der Waals surface area contributed by atoms with Gasteiger partial charge in [0, 0.05) is 18.5 Å². The molecule has 2 nitrogen and oxygen atoms in total. The Hall–Kier alpha value is -0.370. The van der Waals surface area contributed by atoms with Gasteiger partial charge in [-0.1, -0.05) is 39.5 Å². The summed E-state index contributed by atoms with van der Waals surface area (Å²) in [5, 5.41) is 0.